The summed E-state index contributed by atoms with van der Waals surface area (Å²) in [5, 5.41) is 0. The molecule has 2 heteroatoms. The molecule has 14 heavy (non-hydrogen) atoms. The lowest BCUT2D eigenvalue weighted by Gasteiger charge is -1.99. The molecule has 0 radical (unpaired) electrons. The number of benzene rings is 1. The number of ketones is 1. The Hall–Kier alpha value is -0.820. The van der Waals surface area contributed by atoms with Gasteiger partial charge in [0.05, 0.1) is 0 Å². The number of hydrogen-bond donors (Lipinski definition) is 0. The number of alkyl halides is 1. The van der Waals surface area contributed by atoms with Crippen molar-refractivity contribution in [2.45, 2.75) is 25.7 Å². The first-order chi connectivity index (χ1) is 6.84. The van der Waals surface area contributed by atoms with Gasteiger partial charge in [-0.2, -0.15) is 0 Å². The molecule has 0 aliphatic heterocycles. The first kappa shape index (κ1) is 11.3. The monoisotopic (exact) mass is 210 g/mol. The van der Waals surface area contributed by atoms with Crippen molar-refractivity contribution in [3.05, 3.63) is 35.9 Å². The zero-order valence-electron chi connectivity index (χ0n) is 8.21. The molecular weight excluding hydrogens is 196 g/mol. The van der Waals surface area contributed by atoms with Crippen LogP contribution in [0.3, 0.4) is 0 Å². The standard InChI is InChI=1S/C12H15ClO/c13-10-6-2-5-9-12(14)11-7-3-1-4-8-11/h1,3-4,7-8H,2,5-6,9-10H2. The largest absolute Gasteiger partial charge is 0.294 e. The highest BCUT2D eigenvalue weighted by atomic mass is 35.5. The van der Waals surface area contributed by atoms with Crippen LogP contribution in [0.1, 0.15) is 36.0 Å². The lowest BCUT2D eigenvalue weighted by molar-refractivity contribution is 0.0979. The van der Waals surface area contributed by atoms with E-state index < -0.39 is 0 Å². The number of carbonyl (C=O) groups is 1. The smallest absolute Gasteiger partial charge is 0.162 e. The summed E-state index contributed by atoms with van der Waals surface area (Å²) in [5.74, 6) is 0.930. The van der Waals surface area contributed by atoms with E-state index in [1.54, 1.807) is 0 Å². The number of hydrogen-bond acceptors (Lipinski definition) is 1. The molecule has 0 aromatic heterocycles. The number of unbranched alkanes of at least 4 members (excludes halogenated alkanes) is 2. The molecule has 0 spiro atoms. The maximum absolute atomic E-state index is 11.6. The molecule has 0 aliphatic rings. The molecule has 0 heterocycles. The Morgan fingerprint density at radius 2 is 1.79 bits per heavy atom. The Kier molecular flexibility index (Phi) is 5.31. The van der Waals surface area contributed by atoms with Gasteiger partial charge in [-0.15, -0.1) is 11.6 Å². The van der Waals surface area contributed by atoms with Crippen molar-refractivity contribution >= 4 is 17.4 Å². The van der Waals surface area contributed by atoms with E-state index in [1.165, 1.54) is 0 Å². The van der Waals surface area contributed by atoms with E-state index in [4.69, 9.17) is 11.6 Å². The highest BCUT2D eigenvalue weighted by molar-refractivity contribution is 6.17. The van der Waals surface area contributed by atoms with Crippen LogP contribution in [-0.2, 0) is 0 Å². The van der Waals surface area contributed by atoms with Gasteiger partial charge >= 0.3 is 0 Å². The number of Topliss-reactive ketones (excluding diaryl/α,β-unsaturated/α-hetero) is 1. The molecular formula is C12H15ClO. The summed E-state index contributed by atoms with van der Waals surface area (Å²) in [6.07, 6.45) is 3.63. The Labute approximate surface area is 90.1 Å². The molecule has 0 saturated carbocycles. The molecule has 1 aromatic carbocycles. The summed E-state index contributed by atoms with van der Waals surface area (Å²) in [6.45, 7) is 0. The zero-order valence-corrected chi connectivity index (χ0v) is 8.96. The maximum atomic E-state index is 11.6. The molecule has 0 N–H and O–H groups in total. The number of carbonyl (C=O) groups excluding carboxylic acids is 1. The van der Waals surface area contributed by atoms with E-state index in [0.29, 0.717) is 12.3 Å². The van der Waals surface area contributed by atoms with Crippen LogP contribution < -0.4 is 0 Å². The Morgan fingerprint density at radius 3 is 2.43 bits per heavy atom. The highest BCUT2D eigenvalue weighted by Crippen LogP contribution is 2.08. The van der Waals surface area contributed by atoms with Crippen molar-refractivity contribution < 1.29 is 4.79 Å². The van der Waals surface area contributed by atoms with Gasteiger partial charge in [-0.1, -0.05) is 36.8 Å². The van der Waals surface area contributed by atoms with Crippen molar-refractivity contribution in [3.63, 3.8) is 0 Å². The highest BCUT2D eigenvalue weighted by Gasteiger charge is 2.03. The van der Waals surface area contributed by atoms with Gasteiger partial charge in [-0.05, 0) is 12.8 Å². The second-order valence-electron chi connectivity index (χ2n) is 3.29. The van der Waals surface area contributed by atoms with Crippen molar-refractivity contribution in [2.75, 3.05) is 5.88 Å². The minimum absolute atomic E-state index is 0.236. The van der Waals surface area contributed by atoms with Gasteiger partial charge in [0.15, 0.2) is 5.78 Å². The van der Waals surface area contributed by atoms with Crippen LogP contribution in [0.5, 0.6) is 0 Å². The van der Waals surface area contributed by atoms with Gasteiger partial charge in [0.1, 0.15) is 0 Å². The van der Waals surface area contributed by atoms with Crippen LogP contribution in [0.15, 0.2) is 30.3 Å². The fourth-order valence-electron chi connectivity index (χ4n) is 1.33. The Morgan fingerprint density at radius 1 is 1.07 bits per heavy atom. The van der Waals surface area contributed by atoms with Crippen LogP contribution in [0, 0.1) is 0 Å². The molecule has 76 valence electrons. The average molecular weight is 211 g/mol. The van der Waals surface area contributed by atoms with E-state index in [9.17, 15) is 4.79 Å². The van der Waals surface area contributed by atoms with Crippen LogP contribution in [0.25, 0.3) is 0 Å². The molecule has 0 aliphatic carbocycles. The number of halogens is 1. The van der Waals surface area contributed by atoms with E-state index >= 15 is 0 Å². The van der Waals surface area contributed by atoms with Gasteiger partial charge in [-0.3, -0.25) is 4.79 Å². The van der Waals surface area contributed by atoms with Crippen LogP contribution in [0.4, 0.5) is 0 Å². The second-order valence-corrected chi connectivity index (χ2v) is 3.67. The summed E-state index contributed by atoms with van der Waals surface area (Å²) in [5.41, 5.74) is 0.818. The first-order valence-corrected chi connectivity index (χ1v) is 5.52. The van der Waals surface area contributed by atoms with E-state index in [0.717, 1.165) is 24.8 Å². The predicted molar refractivity (Wildman–Crippen MR) is 60.0 cm³/mol. The lowest BCUT2D eigenvalue weighted by atomic mass is 10.1. The summed E-state index contributed by atoms with van der Waals surface area (Å²) in [6, 6.07) is 9.44. The van der Waals surface area contributed by atoms with E-state index in [1.807, 2.05) is 30.3 Å². The molecule has 1 nitrogen and oxygen atoms in total. The van der Waals surface area contributed by atoms with Crippen LogP contribution in [-0.4, -0.2) is 11.7 Å². The van der Waals surface area contributed by atoms with Gasteiger partial charge in [0.25, 0.3) is 0 Å². The van der Waals surface area contributed by atoms with Crippen molar-refractivity contribution in [1.82, 2.24) is 0 Å². The average Bonchev–Trinajstić information content (AvgIpc) is 2.25. The summed E-state index contributed by atoms with van der Waals surface area (Å²) in [7, 11) is 0. The third-order valence-electron chi connectivity index (χ3n) is 2.13. The predicted octanol–water partition coefficient (Wildman–Crippen LogP) is 3.67. The van der Waals surface area contributed by atoms with Crippen LogP contribution in [0.2, 0.25) is 0 Å². The molecule has 0 bridgehead atoms. The van der Waals surface area contributed by atoms with E-state index in [2.05, 4.69) is 0 Å². The quantitative estimate of drug-likeness (QED) is 0.398. The second kappa shape index (κ2) is 6.61. The molecule has 0 fully saturated rings. The fourth-order valence-corrected chi connectivity index (χ4v) is 1.51. The van der Waals surface area contributed by atoms with Crippen LogP contribution >= 0.6 is 11.6 Å². The summed E-state index contributed by atoms with van der Waals surface area (Å²) >= 11 is 5.55. The molecule has 1 aromatic rings. The van der Waals surface area contributed by atoms with Gasteiger partial charge in [-0.25, -0.2) is 0 Å². The molecule has 0 unspecified atom stereocenters. The summed E-state index contributed by atoms with van der Waals surface area (Å²) in [4.78, 5) is 11.6. The summed E-state index contributed by atoms with van der Waals surface area (Å²) < 4.78 is 0. The lowest BCUT2D eigenvalue weighted by Crippen LogP contribution is -1.98. The van der Waals surface area contributed by atoms with Gasteiger partial charge < -0.3 is 0 Å². The SMILES string of the molecule is O=C(CCCCCCl)c1ccccc1. The van der Waals surface area contributed by atoms with Gasteiger partial charge in [0, 0.05) is 17.9 Å². The van der Waals surface area contributed by atoms with Crippen molar-refractivity contribution in [2.24, 2.45) is 0 Å². The number of rotatable bonds is 6. The maximum Gasteiger partial charge on any atom is 0.162 e. The van der Waals surface area contributed by atoms with Crippen molar-refractivity contribution in [1.29, 1.82) is 0 Å². The van der Waals surface area contributed by atoms with E-state index in [-0.39, 0.29) is 5.78 Å². The Balaban J connectivity index is 2.29. The third kappa shape index (κ3) is 3.93. The molecule has 1 rings (SSSR count). The Bertz CT molecular complexity index is 269. The minimum Gasteiger partial charge on any atom is -0.294 e. The fraction of sp³-hybridized carbons (Fsp3) is 0.417. The third-order valence-corrected chi connectivity index (χ3v) is 2.40. The molecule has 0 atom stereocenters. The first-order valence-electron chi connectivity index (χ1n) is 4.99. The minimum atomic E-state index is 0.236. The normalized spacial score (nSPS) is 10.1. The van der Waals surface area contributed by atoms with Crippen molar-refractivity contribution in [3.8, 4) is 0 Å². The molecule has 0 saturated heterocycles. The zero-order chi connectivity index (χ0) is 10.2. The molecule has 0 amide bonds. The van der Waals surface area contributed by atoms with Gasteiger partial charge in [0.2, 0.25) is 0 Å². The topological polar surface area (TPSA) is 17.1 Å².